The van der Waals surface area contributed by atoms with Crippen LogP contribution in [0.15, 0.2) is 0 Å². The van der Waals surface area contributed by atoms with E-state index in [-0.39, 0.29) is 6.10 Å². The van der Waals surface area contributed by atoms with Gasteiger partial charge in [-0.3, -0.25) is 4.57 Å². The van der Waals surface area contributed by atoms with Gasteiger partial charge in [-0.25, -0.2) is 0 Å². The molecule has 0 fully saturated rings. The van der Waals surface area contributed by atoms with Crippen molar-refractivity contribution in [2.45, 2.75) is 59.5 Å². The zero-order chi connectivity index (χ0) is 11.8. The molecule has 0 aromatic rings. The lowest BCUT2D eigenvalue weighted by atomic mass is 9.99. The smallest absolute Gasteiger partial charge is 0.316 e. The molecule has 0 aliphatic rings. The van der Waals surface area contributed by atoms with Gasteiger partial charge in [-0.05, 0) is 37.5 Å². The summed E-state index contributed by atoms with van der Waals surface area (Å²) in [6.45, 7) is 8.62. The van der Waals surface area contributed by atoms with Gasteiger partial charge in [0.1, 0.15) is 0 Å². The van der Waals surface area contributed by atoms with Gasteiger partial charge >= 0.3 is 8.25 Å². The van der Waals surface area contributed by atoms with Crippen LogP contribution in [0.4, 0.5) is 0 Å². The second-order valence-corrected chi connectivity index (χ2v) is 5.72. The summed E-state index contributed by atoms with van der Waals surface area (Å²) in [4.78, 5) is 8.78. The van der Waals surface area contributed by atoms with Gasteiger partial charge in [-0.1, -0.05) is 27.7 Å². The lowest BCUT2D eigenvalue weighted by Crippen LogP contribution is -2.11. The van der Waals surface area contributed by atoms with Crippen LogP contribution in [0.3, 0.4) is 0 Å². The third kappa shape index (κ3) is 10.4. The van der Waals surface area contributed by atoms with Gasteiger partial charge in [0.15, 0.2) is 0 Å². The van der Waals surface area contributed by atoms with E-state index in [0.29, 0.717) is 11.8 Å². The Hall–Kier alpha value is 0.150. The molecule has 92 valence electrons. The van der Waals surface area contributed by atoms with Crippen molar-refractivity contribution in [1.29, 1.82) is 0 Å². The van der Waals surface area contributed by atoms with E-state index in [1.807, 2.05) is 0 Å². The molecule has 0 aliphatic carbocycles. The molecule has 0 saturated heterocycles. The third-order valence-electron chi connectivity index (χ3n) is 2.40. The highest BCUT2D eigenvalue weighted by Gasteiger charge is 2.13. The summed E-state index contributed by atoms with van der Waals surface area (Å²) in [5, 5.41) is 0. The number of rotatable bonds is 8. The predicted octanol–water partition coefficient (Wildman–Crippen LogP) is 3.63. The summed E-state index contributed by atoms with van der Waals surface area (Å²) in [7, 11) is -2.78. The van der Waals surface area contributed by atoms with Gasteiger partial charge in [-0.2, -0.15) is 0 Å². The summed E-state index contributed by atoms with van der Waals surface area (Å²) in [5.74, 6) is 1.24. The van der Waals surface area contributed by atoms with Crippen LogP contribution in [0.1, 0.15) is 53.4 Å². The standard InChI is InChI=1S/C11H25O3P/c1-9(2)5-7-11(14-15(12)13)8-6-10(3)4/h9-11,15H,5-8H2,1-4H3,(H,12,13). The van der Waals surface area contributed by atoms with E-state index in [1.165, 1.54) is 0 Å². The van der Waals surface area contributed by atoms with Gasteiger partial charge < -0.3 is 9.42 Å². The van der Waals surface area contributed by atoms with Crippen LogP contribution in [0, 0.1) is 11.8 Å². The second kappa shape index (κ2) is 8.32. The highest BCUT2D eigenvalue weighted by molar-refractivity contribution is 7.32. The Morgan fingerprint density at radius 1 is 1.00 bits per heavy atom. The molecule has 0 rings (SSSR count). The molecule has 0 radical (unpaired) electrons. The van der Waals surface area contributed by atoms with Gasteiger partial charge in [-0.15, -0.1) is 0 Å². The Labute approximate surface area is 94.2 Å². The van der Waals surface area contributed by atoms with Crippen LogP contribution < -0.4 is 0 Å². The summed E-state index contributed by atoms with van der Waals surface area (Å²) >= 11 is 0. The zero-order valence-corrected chi connectivity index (χ0v) is 11.3. The lowest BCUT2D eigenvalue weighted by molar-refractivity contribution is 0.155. The molecule has 1 unspecified atom stereocenters. The van der Waals surface area contributed by atoms with Crippen molar-refractivity contribution in [3.05, 3.63) is 0 Å². The van der Waals surface area contributed by atoms with E-state index in [4.69, 9.17) is 9.42 Å². The Morgan fingerprint density at radius 3 is 1.67 bits per heavy atom. The quantitative estimate of drug-likeness (QED) is 0.655. The summed E-state index contributed by atoms with van der Waals surface area (Å²) < 4.78 is 15.7. The predicted molar refractivity (Wildman–Crippen MR) is 64.2 cm³/mol. The molecule has 0 bridgehead atoms. The highest BCUT2D eigenvalue weighted by atomic mass is 31.1. The van der Waals surface area contributed by atoms with Crippen LogP contribution in [-0.4, -0.2) is 11.0 Å². The Balaban J connectivity index is 3.89. The Morgan fingerprint density at radius 2 is 1.40 bits per heavy atom. The first kappa shape index (κ1) is 15.2. The average molecular weight is 236 g/mol. The molecular weight excluding hydrogens is 211 g/mol. The third-order valence-corrected chi connectivity index (χ3v) is 2.93. The summed E-state index contributed by atoms with van der Waals surface area (Å²) in [6, 6.07) is 0. The number of hydrogen-bond acceptors (Lipinski definition) is 2. The first-order valence-corrected chi connectivity index (χ1v) is 7.07. The lowest BCUT2D eigenvalue weighted by Gasteiger charge is -2.17. The van der Waals surface area contributed by atoms with Gasteiger partial charge in [0.2, 0.25) is 0 Å². The molecule has 0 amide bonds. The topological polar surface area (TPSA) is 46.5 Å². The SMILES string of the molecule is CC(C)CCC(CCC(C)C)O[PH](=O)O. The molecule has 0 aromatic carbocycles. The normalized spacial score (nSPS) is 14.1. The Kier molecular flexibility index (Phi) is 8.40. The van der Waals surface area contributed by atoms with Crippen LogP contribution >= 0.6 is 8.25 Å². The summed E-state index contributed by atoms with van der Waals surface area (Å²) in [6.07, 6.45) is 3.85. The van der Waals surface area contributed by atoms with Gasteiger partial charge in [0.25, 0.3) is 0 Å². The van der Waals surface area contributed by atoms with Crippen LogP contribution in [0.2, 0.25) is 0 Å². The minimum absolute atomic E-state index is 0.0359. The van der Waals surface area contributed by atoms with Crippen molar-refractivity contribution in [3.63, 3.8) is 0 Å². The van der Waals surface area contributed by atoms with Crippen molar-refractivity contribution >= 4 is 8.25 Å². The van der Waals surface area contributed by atoms with Gasteiger partial charge in [0, 0.05) is 0 Å². The molecule has 0 spiro atoms. The first-order chi connectivity index (χ1) is 6.91. The van der Waals surface area contributed by atoms with Crippen molar-refractivity contribution in [3.8, 4) is 0 Å². The van der Waals surface area contributed by atoms with Gasteiger partial charge in [0.05, 0.1) is 6.10 Å². The molecule has 1 atom stereocenters. The minimum atomic E-state index is -2.78. The van der Waals surface area contributed by atoms with Crippen molar-refractivity contribution in [1.82, 2.24) is 0 Å². The molecule has 0 saturated carbocycles. The van der Waals surface area contributed by atoms with E-state index in [0.717, 1.165) is 25.7 Å². The Bertz CT molecular complexity index is 169. The summed E-state index contributed by atoms with van der Waals surface area (Å²) in [5.41, 5.74) is 0. The number of hydrogen-bond donors (Lipinski definition) is 1. The molecule has 4 heteroatoms. The van der Waals surface area contributed by atoms with E-state index in [2.05, 4.69) is 27.7 Å². The molecule has 0 aromatic heterocycles. The van der Waals surface area contributed by atoms with E-state index in [1.54, 1.807) is 0 Å². The average Bonchev–Trinajstić information content (AvgIpc) is 2.08. The fourth-order valence-electron chi connectivity index (χ4n) is 1.44. The maximum absolute atomic E-state index is 10.7. The fraction of sp³-hybridized carbons (Fsp3) is 1.00. The molecule has 0 aliphatic heterocycles. The zero-order valence-electron chi connectivity index (χ0n) is 10.3. The maximum Gasteiger partial charge on any atom is 0.316 e. The monoisotopic (exact) mass is 236 g/mol. The van der Waals surface area contributed by atoms with E-state index >= 15 is 0 Å². The van der Waals surface area contributed by atoms with Crippen molar-refractivity contribution in [2.24, 2.45) is 11.8 Å². The van der Waals surface area contributed by atoms with Crippen LogP contribution in [-0.2, 0) is 9.09 Å². The maximum atomic E-state index is 10.7. The van der Waals surface area contributed by atoms with Crippen molar-refractivity contribution < 1.29 is 14.0 Å². The second-order valence-electron chi connectivity index (χ2n) is 4.95. The highest BCUT2D eigenvalue weighted by Crippen LogP contribution is 2.25. The fourth-order valence-corrected chi connectivity index (χ4v) is 1.96. The molecule has 15 heavy (non-hydrogen) atoms. The van der Waals surface area contributed by atoms with E-state index in [9.17, 15) is 4.57 Å². The first-order valence-electron chi connectivity index (χ1n) is 5.81. The molecular formula is C11H25O3P. The van der Waals surface area contributed by atoms with Crippen molar-refractivity contribution in [2.75, 3.05) is 0 Å². The molecule has 3 nitrogen and oxygen atoms in total. The minimum Gasteiger partial charge on any atom is -0.326 e. The molecule has 0 heterocycles. The van der Waals surface area contributed by atoms with Crippen LogP contribution in [0.25, 0.3) is 0 Å². The van der Waals surface area contributed by atoms with Crippen LogP contribution in [0.5, 0.6) is 0 Å². The van der Waals surface area contributed by atoms with E-state index < -0.39 is 8.25 Å². The largest absolute Gasteiger partial charge is 0.326 e. The molecule has 1 N–H and O–H groups in total.